The minimum Gasteiger partial charge on any atom is -0.271 e. The SMILES string of the molecule is Cc1nn(C)c(CC(CCl)(CCl)CC(C)C)c1Br. The van der Waals surface area contributed by atoms with E-state index in [1.54, 1.807) is 0 Å². The highest BCUT2D eigenvalue weighted by Crippen LogP contribution is 2.36. The summed E-state index contributed by atoms with van der Waals surface area (Å²) in [4.78, 5) is 0. The Kier molecular flexibility index (Phi) is 6.01. The molecule has 1 aromatic heterocycles. The Hall–Kier alpha value is 0.270. The van der Waals surface area contributed by atoms with Crippen molar-refractivity contribution in [3.63, 3.8) is 0 Å². The summed E-state index contributed by atoms with van der Waals surface area (Å²) in [5.41, 5.74) is 2.13. The number of hydrogen-bond acceptors (Lipinski definition) is 1. The van der Waals surface area contributed by atoms with Crippen molar-refractivity contribution in [3.8, 4) is 0 Å². The molecule has 0 aliphatic rings. The minimum absolute atomic E-state index is 0.0555. The van der Waals surface area contributed by atoms with Gasteiger partial charge in [-0.3, -0.25) is 4.68 Å². The molecule has 0 N–H and O–H groups in total. The largest absolute Gasteiger partial charge is 0.271 e. The molecule has 104 valence electrons. The van der Waals surface area contributed by atoms with Crippen LogP contribution in [0, 0.1) is 18.3 Å². The second-order valence-corrected chi connectivity index (χ2v) is 6.84. The lowest BCUT2D eigenvalue weighted by atomic mass is 9.79. The summed E-state index contributed by atoms with van der Waals surface area (Å²) in [6, 6.07) is 0. The highest BCUT2D eigenvalue weighted by atomic mass is 79.9. The number of hydrogen-bond donors (Lipinski definition) is 0. The van der Waals surface area contributed by atoms with Gasteiger partial charge in [-0.25, -0.2) is 0 Å². The normalized spacial score (nSPS) is 12.4. The Labute approximate surface area is 128 Å². The fourth-order valence-electron chi connectivity index (χ4n) is 2.40. The molecule has 1 heterocycles. The first-order valence-corrected chi connectivity index (χ1v) is 8.01. The molecular formula is C13H21BrCl2N2. The van der Waals surface area contributed by atoms with Gasteiger partial charge in [0.2, 0.25) is 0 Å². The zero-order chi connectivity index (χ0) is 13.9. The predicted octanol–water partition coefficient (Wildman–Crippen LogP) is 4.54. The van der Waals surface area contributed by atoms with E-state index in [1.165, 1.54) is 5.69 Å². The van der Waals surface area contributed by atoms with Gasteiger partial charge in [-0.05, 0) is 41.6 Å². The van der Waals surface area contributed by atoms with Crippen molar-refractivity contribution in [2.75, 3.05) is 11.8 Å². The van der Waals surface area contributed by atoms with Crippen LogP contribution in [-0.2, 0) is 13.5 Å². The minimum atomic E-state index is -0.0555. The van der Waals surface area contributed by atoms with Gasteiger partial charge in [-0.1, -0.05) is 13.8 Å². The van der Waals surface area contributed by atoms with Gasteiger partial charge in [-0.2, -0.15) is 5.10 Å². The van der Waals surface area contributed by atoms with Gasteiger partial charge in [0, 0.05) is 24.2 Å². The zero-order valence-electron chi connectivity index (χ0n) is 11.4. The van der Waals surface area contributed by atoms with E-state index in [1.807, 2.05) is 18.7 Å². The van der Waals surface area contributed by atoms with Crippen LogP contribution in [0.2, 0.25) is 0 Å². The van der Waals surface area contributed by atoms with Gasteiger partial charge in [0.15, 0.2) is 0 Å². The lowest BCUT2D eigenvalue weighted by molar-refractivity contribution is 0.289. The highest BCUT2D eigenvalue weighted by Gasteiger charge is 2.32. The Morgan fingerprint density at radius 1 is 1.33 bits per heavy atom. The number of alkyl halides is 2. The molecule has 2 nitrogen and oxygen atoms in total. The van der Waals surface area contributed by atoms with Crippen molar-refractivity contribution < 1.29 is 0 Å². The molecule has 0 aromatic carbocycles. The molecule has 0 saturated carbocycles. The number of nitrogens with zero attached hydrogens (tertiary/aromatic N) is 2. The Bertz CT molecular complexity index is 398. The number of aromatic nitrogens is 2. The van der Waals surface area contributed by atoms with E-state index >= 15 is 0 Å². The molecular weight excluding hydrogens is 335 g/mol. The molecule has 1 aromatic rings. The van der Waals surface area contributed by atoms with Crippen LogP contribution in [0.3, 0.4) is 0 Å². The predicted molar refractivity (Wildman–Crippen MR) is 82.7 cm³/mol. The lowest BCUT2D eigenvalue weighted by Gasteiger charge is -2.31. The van der Waals surface area contributed by atoms with Crippen LogP contribution in [0.1, 0.15) is 31.7 Å². The summed E-state index contributed by atoms with van der Waals surface area (Å²) in [5.74, 6) is 1.73. The van der Waals surface area contributed by atoms with Crippen molar-refractivity contribution >= 4 is 39.1 Å². The van der Waals surface area contributed by atoms with Crippen molar-refractivity contribution in [1.29, 1.82) is 0 Å². The average Bonchev–Trinajstić information content (AvgIpc) is 2.54. The molecule has 0 bridgehead atoms. The summed E-state index contributed by atoms with van der Waals surface area (Å²) in [6.07, 6.45) is 1.88. The van der Waals surface area contributed by atoms with Crippen LogP contribution in [0.15, 0.2) is 4.47 Å². The molecule has 0 fully saturated rings. The number of aryl methyl sites for hydroxylation is 2. The van der Waals surface area contributed by atoms with Gasteiger partial charge >= 0.3 is 0 Å². The fourth-order valence-corrected chi connectivity index (χ4v) is 3.57. The summed E-state index contributed by atoms with van der Waals surface area (Å²) < 4.78 is 3.00. The van der Waals surface area contributed by atoms with Gasteiger partial charge in [0.05, 0.1) is 15.9 Å². The summed E-state index contributed by atoms with van der Waals surface area (Å²) in [6.45, 7) is 6.41. The molecule has 0 amide bonds. The van der Waals surface area contributed by atoms with Crippen LogP contribution in [0.25, 0.3) is 0 Å². The van der Waals surface area contributed by atoms with Gasteiger partial charge in [-0.15, -0.1) is 23.2 Å². The van der Waals surface area contributed by atoms with Gasteiger partial charge in [0.25, 0.3) is 0 Å². The molecule has 18 heavy (non-hydrogen) atoms. The third-order valence-electron chi connectivity index (χ3n) is 3.21. The van der Waals surface area contributed by atoms with E-state index in [4.69, 9.17) is 23.2 Å². The molecule has 0 unspecified atom stereocenters. The average molecular weight is 356 g/mol. The van der Waals surface area contributed by atoms with Crippen molar-refractivity contribution in [2.24, 2.45) is 18.4 Å². The summed E-state index contributed by atoms with van der Waals surface area (Å²) in [7, 11) is 1.97. The maximum Gasteiger partial charge on any atom is 0.0738 e. The fraction of sp³-hybridized carbons (Fsp3) is 0.769. The summed E-state index contributed by atoms with van der Waals surface area (Å²) >= 11 is 16.0. The maximum absolute atomic E-state index is 6.20. The first-order valence-electron chi connectivity index (χ1n) is 6.15. The van der Waals surface area contributed by atoms with Crippen LogP contribution < -0.4 is 0 Å². The van der Waals surface area contributed by atoms with Crippen molar-refractivity contribution in [1.82, 2.24) is 9.78 Å². The van der Waals surface area contributed by atoms with E-state index < -0.39 is 0 Å². The maximum atomic E-state index is 6.20. The van der Waals surface area contributed by atoms with Crippen LogP contribution in [0.5, 0.6) is 0 Å². The van der Waals surface area contributed by atoms with E-state index in [0.717, 1.165) is 23.0 Å². The third-order valence-corrected chi connectivity index (χ3v) is 5.38. The van der Waals surface area contributed by atoms with Crippen LogP contribution in [-0.4, -0.2) is 21.5 Å². The first kappa shape index (κ1) is 16.3. The third kappa shape index (κ3) is 3.64. The second-order valence-electron chi connectivity index (χ2n) is 5.51. The second kappa shape index (κ2) is 6.62. The zero-order valence-corrected chi connectivity index (χ0v) is 14.5. The number of halogens is 3. The molecule has 0 aliphatic heterocycles. The van der Waals surface area contributed by atoms with Crippen LogP contribution >= 0.6 is 39.1 Å². The molecule has 5 heteroatoms. The quantitative estimate of drug-likeness (QED) is 0.684. The number of rotatable bonds is 6. The molecule has 0 saturated heterocycles. The summed E-state index contributed by atoms with van der Waals surface area (Å²) in [5, 5.41) is 4.43. The monoisotopic (exact) mass is 354 g/mol. The van der Waals surface area contributed by atoms with E-state index in [2.05, 4.69) is 34.9 Å². The Morgan fingerprint density at radius 3 is 2.22 bits per heavy atom. The molecule has 0 atom stereocenters. The highest BCUT2D eigenvalue weighted by molar-refractivity contribution is 9.10. The van der Waals surface area contributed by atoms with E-state index in [9.17, 15) is 0 Å². The standard InChI is InChI=1S/C13H21BrCl2N2/c1-9(2)5-13(7-15,8-16)6-11-12(14)10(3)17-18(11)4/h9H,5-8H2,1-4H3. The van der Waals surface area contributed by atoms with Crippen LogP contribution in [0.4, 0.5) is 0 Å². The molecule has 0 spiro atoms. The molecule has 0 radical (unpaired) electrons. The Morgan fingerprint density at radius 2 is 1.89 bits per heavy atom. The van der Waals surface area contributed by atoms with Crippen molar-refractivity contribution in [3.05, 3.63) is 15.9 Å². The van der Waals surface area contributed by atoms with Crippen molar-refractivity contribution in [2.45, 2.75) is 33.6 Å². The lowest BCUT2D eigenvalue weighted by Crippen LogP contribution is -2.31. The van der Waals surface area contributed by atoms with E-state index in [0.29, 0.717) is 17.7 Å². The topological polar surface area (TPSA) is 17.8 Å². The van der Waals surface area contributed by atoms with Gasteiger partial charge < -0.3 is 0 Å². The molecule has 1 rings (SSSR count). The smallest absolute Gasteiger partial charge is 0.0738 e. The Balaban J connectivity index is 3.03. The first-order chi connectivity index (χ1) is 8.35. The molecule has 0 aliphatic carbocycles. The van der Waals surface area contributed by atoms with E-state index in [-0.39, 0.29) is 5.41 Å². The van der Waals surface area contributed by atoms with Gasteiger partial charge in [0.1, 0.15) is 0 Å².